The fourth-order valence-electron chi connectivity index (χ4n) is 2.22. The average Bonchev–Trinajstić information content (AvgIpc) is 2.99. The minimum Gasteiger partial charge on any atom is -0.352 e. The smallest absolute Gasteiger partial charge is 0.223 e. The largest absolute Gasteiger partial charge is 0.352 e. The molecule has 1 heterocycles. The van der Waals surface area contributed by atoms with Gasteiger partial charge in [-0.05, 0) is 32.2 Å². The SMILES string of the molecule is C=C(Br)CN1CCCC(NC(=O)C2CC2)C1. The van der Waals surface area contributed by atoms with Crippen molar-refractivity contribution in [2.45, 2.75) is 31.7 Å². The van der Waals surface area contributed by atoms with Gasteiger partial charge in [-0.15, -0.1) is 0 Å². The van der Waals surface area contributed by atoms with Crippen molar-refractivity contribution in [2.24, 2.45) is 5.92 Å². The molecule has 3 nitrogen and oxygen atoms in total. The van der Waals surface area contributed by atoms with E-state index in [1.807, 2.05) is 0 Å². The molecule has 0 aromatic carbocycles. The molecule has 16 heavy (non-hydrogen) atoms. The van der Waals surface area contributed by atoms with E-state index in [0.717, 1.165) is 49.8 Å². The Hall–Kier alpha value is -0.350. The quantitative estimate of drug-likeness (QED) is 0.856. The van der Waals surface area contributed by atoms with E-state index in [2.05, 4.69) is 32.7 Å². The van der Waals surface area contributed by atoms with Crippen LogP contribution in [0.5, 0.6) is 0 Å². The standard InChI is InChI=1S/C12H19BrN2O/c1-9(13)7-15-6-2-3-11(8-15)14-12(16)10-4-5-10/h10-11H,1-8H2,(H,14,16). The Bertz CT molecular complexity index is 289. The number of nitrogens with zero attached hydrogens (tertiary/aromatic N) is 1. The monoisotopic (exact) mass is 286 g/mol. The number of carbonyl (C=O) groups is 1. The zero-order valence-electron chi connectivity index (χ0n) is 9.54. The molecule has 0 aromatic rings. The molecule has 0 aromatic heterocycles. The fraction of sp³-hybridized carbons (Fsp3) is 0.750. The molecule has 2 fully saturated rings. The van der Waals surface area contributed by atoms with Crippen LogP contribution in [-0.2, 0) is 4.79 Å². The summed E-state index contributed by atoms with van der Waals surface area (Å²) in [5.74, 6) is 0.589. The van der Waals surface area contributed by atoms with Gasteiger partial charge in [0.15, 0.2) is 0 Å². The molecule has 1 unspecified atom stereocenters. The van der Waals surface area contributed by atoms with Gasteiger partial charge in [0.25, 0.3) is 0 Å². The maximum Gasteiger partial charge on any atom is 0.223 e. The van der Waals surface area contributed by atoms with Crippen molar-refractivity contribution in [1.29, 1.82) is 0 Å². The third-order valence-corrected chi connectivity index (χ3v) is 3.45. The molecule has 1 N–H and O–H groups in total. The lowest BCUT2D eigenvalue weighted by molar-refractivity contribution is -0.123. The lowest BCUT2D eigenvalue weighted by atomic mass is 10.1. The summed E-state index contributed by atoms with van der Waals surface area (Å²) in [5, 5.41) is 3.16. The highest BCUT2D eigenvalue weighted by molar-refractivity contribution is 9.11. The summed E-state index contributed by atoms with van der Waals surface area (Å²) in [5.41, 5.74) is 0. The number of amides is 1. The molecular formula is C12H19BrN2O. The molecule has 0 radical (unpaired) electrons. The highest BCUT2D eigenvalue weighted by Gasteiger charge is 2.31. The number of hydrogen-bond donors (Lipinski definition) is 1. The van der Waals surface area contributed by atoms with Crippen LogP contribution in [0.3, 0.4) is 0 Å². The second-order valence-electron chi connectivity index (χ2n) is 4.87. The van der Waals surface area contributed by atoms with Gasteiger partial charge < -0.3 is 5.32 Å². The van der Waals surface area contributed by atoms with Crippen molar-refractivity contribution in [3.05, 3.63) is 11.1 Å². The maximum atomic E-state index is 11.6. The lowest BCUT2D eigenvalue weighted by Gasteiger charge is -2.33. The van der Waals surface area contributed by atoms with Crippen LogP contribution in [0, 0.1) is 5.92 Å². The Labute approximate surface area is 105 Å². The van der Waals surface area contributed by atoms with Crippen molar-refractivity contribution in [3.8, 4) is 0 Å². The second kappa shape index (κ2) is 5.32. The molecule has 1 atom stereocenters. The van der Waals surface area contributed by atoms with Gasteiger partial charge in [-0.3, -0.25) is 9.69 Å². The fourth-order valence-corrected chi connectivity index (χ4v) is 2.58. The van der Waals surface area contributed by atoms with E-state index < -0.39 is 0 Å². The summed E-state index contributed by atoms with van der Waals surface area (Å²) in [6.45, 7) is 6.82. The molecule has 1 saturated carbocycles. The first-order valence-corrected chi connectivity index (χ1v) is 6.80. The van der Waals surface area contributed by atoms with Crippen LogP contribution in [0.25, 0.3) is 0 Å². The Morgan fingerprint density at radius 1 is 1.44 bits per heavy atom. The van der Waals surface area contributed by atoms with Gasteiger partial charge in [0, 0.05) is 29.5 Å². The zero-order chi connectivity index (χ0) is 11.5. The van der Waals surface area contributed by atoms with Gasteiger partial charge in [0.1, 0.15) is 0 Å². The predicted octanol–water partition coefficient (Wildman–Crippen LogP) is 1.89. The lowest BCUT2D eigenvalue weighted by Crippen LogP contribution is -2.48. The molecule has 4 heteroatoms. The number of nitrogens with one attached hydrogen (secondary N) is 1. The van der Waals surface area contributed by atoms with Crippen LogP contribution in [0.4, 0.5) is 0 Å². The van der Waals surface area contributed by atoms with Crippen LogP contribution in [0.1, 0.15) is 25.7 Å². The van der Waals surface area contributed by atoms with E-state index in [0.29, 0.717) is 12.0 Å². The molecule has 1 saturated heterocycles. The molecule has 0 bridgehead atoms. The normalized spacial score (nSPS) is 26.4. The van der Waals surface area contributed by atoms with Gasteiger partial charge in [-0.2, -0.15) is 0 Å². The van der Waals surface area contributed by atoms with Crippen LogP contribution in [-0.4, -0.2) is 36.5 Å². The Morgan fingerprint density at radius 2 is 2.19 bits per heavy atom. The first-order valence-electron chi connectivity index (χ1n) is 6.01. The molecular weight excluding hydrogens is 268 g/mol. The summed E-state index contributed by atoms with van der Waals surface area (Å²) in [6, 6.07) is 0.341. The summed E-state index contributed by atoms with van der Waals surface area (Å²) < 4.78 is 1.02. The van der Waals surface area contributed by atoms with Crippen molar-refractivity contribution in [3.63, 3.8) is 0 Å². The Kier molecular flexibility index (Phi) is 4.03. The number of piperidine rings is 1. The minimum atomic E-state index is 0.268. The minimum absolute atomic E-state index is 0.268. The van der Waals surface area contributed by atoms with Crippen molar-refractivity contribution in [2.75, 3.05) is 19.6 Å². The molecule has 0 spiro atoms. The molecule has 2 rings (SSSR count). The van der Waals surface area contributed by atoms with Crippen LogP contribution in [0.15, 0.2) is 11.1 Å². The third kappa shape index (κ3) is 3.59. The van der Waals surface area contributed by atoms with Crippen molar-refractivity contribution >= 4 is 21.8 Å². The van der Waals surface area contributed by atoms with Crippen LogP contribution < -0.4 is 5.32 Å². The van der Waals surface area contributed by atoms with Gasteiger partial charge in [-0.25, -0.2) is 0 Å². The summed E-state index contributed by atoms with van der Waals surface area (Å²) in [6.07, 6.45) is 4.45. The molecule has 1 amide bonds. The zero-order valence-corrected chi connectivity index (χ0v) is 11.1. The van der Waals surface area contributed by atoms with Crippen molar-refractivity contribution in [1.82, 2.24) is 10.2 Å². The van der Waals surface area contributed by atoms with Gasteiger partial charge in [-0.1, -0.05) is 22.5 Å². The average molecular weight is 287 g/mol. The first-order chi connectivity index (χ1) is 7.65. The van der Waals surface area contributed by atoms with E-state index in [9.17, 15) is 4.79 Å². The Morgan fingerprint density at radius 3 is 2.81 bits per heavy atom. The maximum absolute atomic E-state index is 11.6. The number of carbonyl (C=O) groups excluding carboxylic acids is 1. The number of hydrogen-bond acceptors (Lipinski definition) is 2. The summed E-state index contributed by atoms with van der Waals surface area (Å²) in [7, 11) is 0. The molecule has 90 valence electrons. The van der Waals surface area contributed by atoms with Gasteiger partial charge in [0.2, 0.25) is 5.91 Å². The number of halogens is 1. The number of rotatable bonds is 4. The highest BCUT2D eigenvalue weighted by Crippen LogP contribution is 2.29. The topological polar surface area (TPSA) is 32.3 Å². The van der Waals surface area contributed by atoms with E-state index >= 15 is 0 Å². The molecule has 2 aliphatic rings. The second-order valence-corrected chi connectivity index (χ2v) is 6.00. The highest BCUT2D eigenvalue weighted by atomic mass is 79.9. The van der Waals surface area contributed by atoms with Gasteiger partial charge >= 0.3 is 0 Å². The third-order valence-electron chi connectivity index (χ3n) is 3.20. The molecule has 1 aliphatic heterocycles. The van der Waals surface area contributed by atoms with Crippen LogP contribution >= 0.6 is 15.9 Å². The van der Waals surface area contributed by atoms with Crippen molar-refractivity contribution < 1.29 is 4.79 Å². The van der Waals surface area contributed by atoms with Crippen LogP contribution in [0.2, 0.25) is 0 Å². The van der Waals surface area contributed by atoms with E-state index in [1.54, 1.807) is 0 Å². The Balaban J connectivity index is 1.76. The van der Waals surface area contributed by atoms with Gasteiger partial charge in [0.05, 0.1) is 0 Å². The molecule has 1 aliphatic carbocycles. The van der Waals surface area contributed by atoms with E-state index in [-0.39, 0.29) is 5.91 Å². The number of likely N-dealkylation sites (tertiary alicyclic amines) is 1. The van der Waals surface area contributed by atoms with E-state index in [4.69, 9.17) is 0 Å². The summed E-state index contributed by atoms with van der Waals surface area (Å²) in [4.78, 5) is 14.0. The summed E-state index contributed by atoms with van der Waals surface area (Å²) >= 11 is 3.39. The predicted molar refractivity (Wildman–Crippen MR) is 68.4 cm³/mol. The first kappa shape index (κ1) is 12.1. The van der Waals surface area contributed by atoms with E-state index in [1.165, 1.54) is 0 Å².